The molecule has 1 amide bonds. The van der Waals surface area contributed by atoms with Crippen molar-refractivity contribution < 1.29 is 19.1 Å². The third-order valence-corrected chi connectivity index (χ3v) is 2.91. The highest BCUT2D eigenvalue weighted by Crippen LogP contribution is 2.27. The van der Waals surface area contributed by atoms with Crippen LogP contribution >= 0.6 is 0 Å². The lowest BCUT2D eigenvalue weighted by Gasteiger charge is -2.26. The Kier molecular flexibility index (Phi) is 5.25. The zero-order chi connectivity index (χ0) is 12.0. The summed E-state index contributed by atoms with van der Waals surface area (Å²) in [5.74, 6) is -0.458. The van der Waals surface area contributed by atoms with Gasteiger partial charge in [-0.15, -0.1) is 0 Å². The topological polar surface area (TPSA) is 78.6 Å². The lowest BCUT2D eigenvalue weighted by molar-refractivity contribution is -0.147. The molecule has 0 aliphatic heterocycles. The minimum Gasteiger partial charge on any atom is -0.469 e. The van der Waals surface area contributed by atoms with E-state index in [-0.39, 0.29) is 30.3 Å². The molecule has 0 aromatic carbocycles. The van der Waals surface area contributed by atoms with Crippen molar-refractivity contribution in [1.82, 2.24) is 0 Å². The predicted molar refractivity (Wildman–Crippen MR) is 57.5 cm³/mol. The summed E-state index contributed by atoms with van der Waals surface area (Å²) >= 11 is 0. The number of primary amides is 1. The van der Waals surface area contributed by atoms with E-state index in [0.29, 0.717) is 6.61 Å². The summed E-state index contributed by atoms with van der Waals surface area (Å²) in [7, 11) is 1.41. The van der Waals surface area contributed by atoms with Gasteiger partial charge in [-0.3, -0.25) is 9.59 Å². The summed E-state index contributed by atoms with van der Waals surface area (Å²) < 4.78 is 10.2. The van der Waals surface area contributed by atoms with Crippen molar-refractivity contribution >= 4 is 11.9 Å². The SMILES string of the molecule is COC(=O)C1CCC(OCCC(N)=O)CC1. The van der Waals surface area contributed by atoms with Crippen LogP contribution in [0.5, 0.6) is 0 Å². The molecule has 0 spiro atoms. The number of amides is 1. The number of ether oxygens (including phenoxy) is 2. The molecular weight excluding hydrogens is 210 g/mol. The van der Waals surface area contributed by atoms with Crippen LogP contribution in [0.2, 0.25) is 0 Å². The smallest absolute Gasteiger partial charge is 0.308 e. The van der Waals surface area contributed by atoms with Crippen LogP contribution < -0.4 is 5.73 Å². The second-order valence-electron chi connectivity index (χ2n) is 4.08. The Labute approximate surface area is 95.3 Å². The minimum atomic E-state index is -0.344. The standard InChI is InChI=1S/C11H19NO4/c1-15-11(14)8-2-4-9(5-3-8)16-7-6-10(12)13/h8-9H,2-7H2,1H3,(H2,12,13). The molecule has 0 saturated heterocycles. The first-order chi connectivity index (χ1) is 7.63. The normalized spacial score (nSPS) is 25.1. The van der Waals surface area contributed by atoms with E-state index in [1.165, 1.54) is 7.11 Å². The van der Waals surface area contributed by atoms with E-state index >= 15 is 0 Å². The van der Waals surface area contributed by atoms with E-state index in [2.05, 4.69) is 0 Å². The molecule has 5 nitrogen and oxygen atoms in total. The van der Waals surface area contributed by atoms with Gasteiger partial charge in [-0.2, -0.15) is 0 Å². The average Bonchev–Trinajstić information content (AvgIpc) is 2.28. The van der Waals surface area contributed by atoms with Gasteiger partial charge in [-0.05, 0) is 25.7 Å². The molecule has 0 heterocycles. The van der Waals surface area contributed by atoms with Crippen LogP contribution in [0.1, 0.15) is 32.1 Å². The number of carbonyl (C=O) groups excluding carboxylic acids is 2. The van der Waals surface area contributed by atoms with E-state index in [4.69, 9.17) is 15.2 Å². The molecule has 1 aliphatic carbocycles. The molecular formula is C11H19NO4. The number of rotatable bonds is 5. The van der Waals surface area contributed by atoms with Gasteiger partial charge in [0.2, 0.25) is 5.91 Å². The molecule has 0 atom stereocenters. The zero-order valence-corrected chi connectivity index (χ0v) is 9.61. The maximum atomic E-state index is 11.3. The number of hydrogen-bond donors (Lipinski definition) is 1. The predicted octanol–water partition coefficient (Wildman–Crippen LogP) is 0.610. The van der Waals surface area contributed by atoms with Gasteiger partial charge in [-0.1, -0.05) is 0 Å². The van der Waals surface area contributed by atoms with Crippen molar-refractivity contribution in [2.75, 3.05) is 13.7 Å². The Morgan fingerprint density at radius 2 is 1.88 bits per heavy atom. The summed E-state index contributed by atoms with van der Waals surface area (Å²) in [6, 6.07) is 0. The highest BCUT2D eigenvalue weighted by molar-refractivity contribution is 5.73. The molecule has 92 valence electrons. The number of hydrogen-bond acceptors (Lipinski definition) is 4. The van der Waals surface area contributed by atoms with Gasteiger partial charge in [0.15, 0.2) is 0 Å². The first kappa shape index (κ1) is 13.0. The van der Waals surface area contributed by atoms with Crippen LogP contribution in [0.15, 0.2) is 0 Å². The van der Waals surface area contributed by atoms with Crippen LogP contribution in [0.25, 0.3) is 0 Å². The molecule has 0 aromatic rings. The van der Waals surface area contributed by atoms with Gasteiger partial charge in [0, 0.05) is 6.42 Å². The summed E-state index contributed by atoms with van der Waals surface area (Å²) in [6.45, 7) is 0.378. The number of esters is 1. The van der Waals surface area contributed by atoms with Crippen molar-refractivity contribution in [2.45, 2.75) is 38.2 Å². The summed E-state index contributed by atoms with van der Waals surface area (Å²) in [5, 5.41) is 0. The van der Waals surface area contributed by atoms with Gasteiger partial charge in [0.05, 0.1) is 25.7 Å². The second kappa shape index (κ2) is 6.48. The molecule has 2 N–H and O–H groups in total. The van der Waals surface area contributed by atoms with Gasteiger partial charge >= 0.3 is 5.97 Å². The Bertz CT molecular complexity index is 246. The van der Waals surface area contributed by atoms with Crippen molar-refractivity contribution in [3.63, 3.8) is 0 Å². The fourth-order valence-electron chi connectivity index (χ4n) is 1.96. The monoisotopic (exact) mass is 229 g/mol. The maximum Gasteiger partial charge on any atom is 0.308 e. The summed E-state index contributed by atoms with van der Waals surface area (Å²) in [6.07, 6.45) is 3.70. The van der Waals surface area contributed by atoms with Crippen LogP contribution in [-0.4, -0.2) is 31.7 Å². The van der Waals surface area contributed by atoms with E-state index in [0.717, 1.165) is 25.7 Å². The Morgan fingerprint density at radius 1 is 1.25 bits per heavy atom. The van der Waals surface area contributed by atoms with Crippen molar-refractivity contribution in [3.05, 3.63) is 0 Å². The third-order valence-electron chi connectivity index (χ3n) is 2.91. The Balaban J connectivity index is 2.17. The van der Waals surface area contributed by atoms with Crippen LogP contribution in [0.3, 0.4) is 0 Å². The van der Waals surface area contributed by atoms with Crippen molar-refractivity contribution in [3.8, 4) is 0 Å². The van der Waals surface area contributed by atoms with Gasteiger partial charge in [0.25, 0.3) is 0 Å². The van der Waals surface area contributed by atoms with Crippen LogP contribution in [0, 0.1) is 5.92 Å². The molecule has 0 radical (unpaired) electrons. The van der Waals surface area contributed by atoms with Crippen molar-refractivity contribution in [2.24, 2.45) is 11.7 Å². The number of carbonyl (C=O) groups is 2. The van der Waals surface area contributed by atoms with E-state index in [1.807, 2.05) is 0 Å². The highest BCUT2D eigenvalue weighted by Gasteiger charge is 2.27. The van der Waals surface area contributed by atoms with Gasteiger partial charge in [0.1, 0.15) is 0 Å². The first-order valence-corrected chi connectivity index (χ1v) is 5.61. The average molecular weight is 229 g/mol. The first-order valence-electron chi connectivity index (χ1n) is 5.61. The molecule has 1 aliphatic rings. The molecule has 1 saturated carbocycles. The van der Waals surface area contributed by atoms with Gasteiger partial charge < -0.3 is 15.2 Å². The molecule has 5 heteroatoms. The highest BCUT2D eigenvalue weighted by atomic mass is 16.5. The fraction of sp³-hybridized carbons (Fsp3) is 0.818. The quantitative estimate of drug-likeness (QED) is 0.700. The Hall–Kier alpha value is -1.10. The lowest BCUT2D eigenvalue weighted by Crippen LogP contribution is -2.27. The Morgan fingerprint density at radius 3 is 2.38 bits per heavy atom. The van der Waals surface area contributed by atoms with E-state index in [9.17, 15) is 9.59 Å². The van der Waals surface area contributed by atoms with Crippen LogP contribution in [0.4, 0.5) is 0 Å². The number of methoxy groups -OCH3 is 1. The zero-order valence-electron chi connectivity index (χ0n) is 9.61. The molecule has 0 aromatic heterocycles. The van der Waals surface area contributed by atoms with E-state index < -0.39 is 0 Å². The molecule has 1 fully saturated rings. The molecule has 0 bridgehead atoms. The minimum absolute atomic E-state index is 0.0148. The third kappa shape index (κ3) is 4.18. The van der Waals surface area contributed by atoms with Crippen LogP contribution in [-0.2, 0) is 19.1 Å². The number of nitrogens with two attached hydrogens (primary N) is 1. The van der Waals surface area contributed by atoms with Crippen molar-refractivity contribution in [1.29, 1.82) is 0 Å². The van der Waals surface area contributed by atoms with E-state index in [1.54, 1.807) is 0 Å². The summed E-state index contributed by atoms with van der Waals surface area (Å²) in [5.41, 5.74) is 5.01. The molecule has 0 unspecified atom stereocenters. The fourth-order valence-corrected chi connectivity index (χ4v) is 1.96. The molecule has 1 rings (SSSR count). The summed E-state index contributed by atoms with van der Waals surface area (Å²) in [4.78, 5) is 21.8. The lowest BCUT2D eigenvalue weighted by atomic mass is 9.87. The maximum absolute atomic E-state index is 11.3. The largest absolute Gasteiger partial charge is 0.469 e. The molecule has 16 heavy (non-hydrogen) atoms. The second-order valence-corrected chi connectivity index (χ2v) is 4.08. The van der Waals surface area contributed by atoms with Gasteiger partial charge in [-0.25, -0.2) is 0 Å².